The lowest BCUT2D eigenvalue weighted by molar-refractivity contribution is -0.133. The maximum absolute atomic E-state index is 13.2. The van der Waals surface area contributed by atoms with Crippen LogP contribution < -0.4 is 0 Å². The standard InChI is InChI=1S/C19H25ClF2N6O/c1-12-14(9-25(2)23-12)10-26-5-7-27(8-6-26)15(29)11-28-18(13-3-4-13)16(20)17(24-28)19(21)22/h9,13,19H,3-8,10-11H2,1-2H3. The summed E-state index contributed by atoms with van der Waals surface area (Å²) in [7, 11) is 1.91. The van der Waals surface area contributed by atoms with Crippen molar-refractivity contribution in [1.29, 1.82) is 0 Å². The third-order valence-corrected chi connectivity index (χ3v) is 6.03. The molecular formula is C19H25ClF2N6O. The van der Waals surface area contributed by atoms with Gasteiger partial charge in [-0.2, -0.15) is 10.2 Å². The van der Waals surface area contributed by atoms with Gasteiger partial charge in [0.25, 0.3) is 6.43 Å². The van der Waals surface area contributed by atoms with Crippen LogP contribution >= 0.6 is 11.6 Å². The van der Waals surface area contributed by atoms with E-state index in [9.17, 15) is 13.6 Å². The number of amides is 1. The molecular weight excluding hydrogens is 402 g/mol. The first kappa shape index (κ1) is 20.3. The summed E-state index contributed by atoms with van der Waals surface area (Å²) in [4.78, 5) is 16.9. The maximum Gasteiger partial charge on any atom is 0.283 e. The molecule has 0 aromatic carbocycles. The van der Waals surface area contributed by atoms with E-state index in [1.165, 1.54) is 10.2 Å². The molecule has 0 atom stereocenters. The number of aryl methyl sites for hydroxylation is 2. The van der Waals surface area contributed by atoms with Crippen LogP contribution in [0.2, 0.25) is 5.02 Å². The van der Waals surface area contributed by atoms with Gasteiger partial charge in [-0.05, 0) is 19.8 Å². The van der Waals surface area contributed by atoms with Gasteiger partial charge >= 0.3 is 0 Å². The van der Waals surface area contributed by atoms with E-state index in [0.29, 0.717) is 18.8 Å². The Kier molecular flexibility index (Phi) is 5.61. The molecule has 0 spiro atoms. The summed E-state index contributed by atoms with van der Waals surface area (Å²) in [6.45, 7) is 5.49. The number of piperazine rings is 1. The van der Waals surface area contributed by atoms with Crippen molar-refractivity contribution in [2.45, 2.75) is 45.2 Å². The Morgan fingerprint density at radius 1 is 1.24 bits per heavy atom. The summed E-state index contributed by atoms with van der Waals surface area (Å²) in [6, 6.07) is 0. The SMILES string of the molecule is Cc1nn(C)cc1CN1CCN(C(=O)Cn2nc(C(F)F)c(Cl)c2C2CC2)CC1. The van der Waals surface area contributed by atoms with Crippen LogP contribution in [0.3, 0.4) is 0 Å². The number of carbonyl (C=O) groups is 1. The molecule has 10 heteroatoms. The average molecular weight is 427 g/mol. The summed E-state index contributed by atoms with van der Waals surface area (Å²) >= 11 is 6.14. The van der Waals surface area contributed by atoms with E-state index >= 15 is 0 Å². The molecule has 0 radical (unpaired) electrons. The van der Waals surface area contributed by atoms with E-state index in [2.05, 4.69) is 15.1 Å². The summed E-state index contributed by atoms with van der Waals surface area (Å²) in [5.74, 6) is 0.0268. The smallest absolute Gasteiger partial charge is 0.283 e. The molecule has 1 saturated carbocycles. The molecule has 2 fully saturated rings. The monoisotopic (exact) mass is 426 g/mol. The van der Waals surface area contributed by atoms with E-state index in [4.69, 9.17) is 11.6 Å². The first-order chi connectivity index (χ1) is 13.8. The van der Waals surface area contributed by atoms with Crippen molar-refractivity contribution in [3.8, 4) is 0 Å². The van der Waals surface area contributed by atoms with Gasteiger partial charge in [-0.15, -0.1) is 0 Å². The molecule has 0 unspecified atom stereocenters. The Balaban J connectivity index is 1.37. The molecule has 1 aliphatic carbocycles. The molecule has 4 rings (SSSR count). The lowest BCUT2D eigenvalue weighted by Gasteiger charge is -2.34. The topological polar surface area (TPSA) is 59.2 Å². The minimum atomic E-state index is -2.74. The highest BCUT2D eigenvalue weighted by Gasteiger charge is 2.35. The van der Waals surface area contributed by atoms with Gasteiger partial charge in [0, 0.05) is 57.4 Å². The van der Waals surface area contributed by atoms with Crippen LogP contribution in [0.15, 0.2) is 6.20 Å². The minimum absolute atomic E-state index is 0.0203. The number of hydrogen-bond acceptors (Lipinski definition) is 4. The number of alkyl halides is 2. The van der Waals surface area contributed by atoms with Crippen LogP contribution in [0.4, 0.5) is 8.78 Å². The Bertz CT molecular complexity index is 899. The van der Waals surface area contributed by atoms with E-state index in [1.807, 2.05) is 24.9 Å². The molecule has 7 nitrogen and oxygen atoms in total. The van der Waals surface area contributed by atoms with Crippen molar-refractivity contribution in [3.63, 3.8) is 0 Å². The summed E-state index contributed by atoms with van der Waals surface area (Å²) in [6.07, 6.45) is 1.08. The lowest BCUT2D eigenvalue weighted by atomic mass is 10.2. The molecule has 1 amide bonds. The lowest BCUT2D eigenvalue weighted by Crippen LogP contribution is -2.49. The van der Waals surface area contributed by atoms with Gasteiger partial charge in [0.05, 0.1) is 16.4 Å². The number of nitrogens with zero attached hydrogens (tertiary/aromatic N) is 6. The minimum Gasteiger partial charge on any atom is -0.339 e. The van der Waals surface area contributed by atoms with E-state index in [0.717, 1.165) is 38.2 Å². The molecule has 3 heterocycles. The second-order valence-electron chi connectivity index (χ2n) is 7.89. The molecule has 2 aromatic rings. The predicted molar refractivity (Wildman–Crippen MR) is 104 cm³/mol. The highest BCUT2D eigenvalue weighted by atomic mass is 35.5. The molecule has 158 valence electrons. The van der Waals surface area contributed by atoms with Crippen LogP contribution in [-0.2, 0) is 24.9 Å². The summed E-state index contributed by atoms with van der Waals surface area (Å²) in [5.41, 5.74) is 2.37. The van der Waals surface area contributed by atoms with Crippen LogP contribution in [0.25, 0.3) is 0 Å². The third kappa shape index (κ3) is 4.30. The Morgan fingerprint density at radius 3 is 2.48 bits per heavy atom. The van der Waals surface area contributed by atoms with Crippen molar-refractivity contribution in [2.75, 3.05) is 26.2 Å². The first-order valence-corrected chi connectivity index (χ1v) is 10.2. The Morgan fingerprint density at radius 2 is 1.93 bits per heavy atom. The van der Waals surface area contributed by atoms with Gasteiger partial charge in [0.1, 0.15) is 12.2 Å². The molecule has 2 aliphatic rings. The van der Waals surface area contributed by atoms with Crippen molar-refractivity contribution < 1.29 is 13.6 Å². The Labute approximate surface area is 173 Å². The van der Waals surface area contributed by atoms with Gasteiger partial charge in [0.15, 0.2) is 0 Å². The fourth-order valence-corrected chi connectivity index (χ4v) is 4.28. The van der Waals surface area contributed by atoms with E-state index in [-0.39, 0.29) is 23.4 Å². The largest absolute Gasteiger partial charge is 0.339 e. The fourth-order valence-electron chi connectivity index (χ4n) is 3.91. The van der Waals surface area contributed by atoms with Crippen LogP contribution in [0, 0.1) is 6.92 Å². The molecule has 0 N–H and O–H groups in total. The molecule has 1 aliphatic heterocycles. The highest BCUT2D eigenvalue weighted by Crippen LogP contribution is 2.45. The zero-order valence-corrected chi connectivity index (χ0v) is 17.4. The fraction of sp³-hybridized carbons (Fsp3) is 0.632. The van der Waals surface area contributed by atoms with Gasteiger partial charge < -0.3 is 4.90 Å². The number of rotatable bonds is 6. The van der Waals surface area contributed by atoms with Crippen LogP contribution in [-0.4, -0.2) is 61.4 Å². The second kappa shape index (κ2) is 8.02. The number of aromatic nitrogens is 4. The zero-order valence-electron chi connectivity index (χ0n) is 16.6. The van der Waals surface area contributed by atoms with Gasteiger partial charge in [-0.1, -0.05) is 11.6 Å². The summed E-state index contributed by atoms with van der Waals surface area (Å²) < 4.78 is 29.6. The molecule has 0 bridgehead atoms. The van der Waals surface area contributed by atoms with Crippen molar-refractivity contribution in [2.24, 2.45) is 7.05 Å². The average Bonchev–Trinajstić information content (AvgIpc) is 3.38. The van der Waals surface area contributed by atoms with Crippen LogP contribution in [0.5, 0.6) is 0 Å². The third-order valence-electron chi connectivity index (χ3n) is 5.65. The highest BCUT2D eigenvalue weighted by molar-refractivity contribution is 6.32. The maximum atomic E-state index is 13.2. The van der Waals surface area contributed by atoms with Gasteiger partial charge in [-0.25, -0.2) is 8.78 Å². The van der Waals surface area contributed by atoms with E-state index in [1.54, 1.807) is 4.90 Å². The number of carbonyl (C=O) groups excluding carboxylic acids is 1. The number of halogens is 3. The molecule has 29 heavy (non-hydrogen) atoms. The quantitative estimate of drug-likeness (QED) is 0.712. The second-order valence-corrected chi connectivity index (χ2v) is 8.27. The van der Waals surface area contributed by atoms with Gasteiger partial charge in [0.2, 0.25) is 5.91 Å². The van der Waals surface area contributed by atoms with E-state index < -0.39 is 12.1 Å². The first-order valence-electron chi connectivity index (χ1n) is 9.87. The normalized spacial score (nSPS) is 18.1. The van der Waals surface area contributed by atoms with Crippen molar-refractivity contribution in [1.82, 2.24) is 29.4 Å². The predicted octanol–water partition coefficient (Wildman–Crippen LogP) is 2.74. The zero-order chi connectivity index (χ0) is 20.7. The van der Waals surface area contributed by atoms with Gasteiger partial charge in [-0.3, -0.25) is 19.1 Å². The van der Waals surface area contributed by atoms with Crippen molar-refractivity contribution >= 4 is 17.5 Å². The Hall–Kier alpha value is -2.00. The van der Waals surface area contributed by atoms with Crippen LogP contribution in [0.1, 0.15) is 47.8 Å². The van der Waals surface area contributed by atoms with Crippen molar-refractivity contribution in [3.05, 3.63) is 33.9 Å². The molecule has 2 aromatic heterocycles. The summed E-state index contributed by atoms with van der Waals surface area (Å²) in [5, 5.41) is 8.34. The number of hydrogen-bond donors (Lipinski definition) is 0. The molecule has 1 saturated heterocycles.